The molecule has 3 nitrogen and oxygen atoms in total. The Labute approximate surface area is 104 Å². The summed E-state index contributed by atoms with van der Waals surface area (Å²) >= 11 is 3.45. The molecule has 4 heteroatoms. The van der Waals surface area contributed by atoms with Crippen LogP contribution in [0.1, 0.15) is 18.1 Å². The lowest BCUT2D eigenvalue weighted by Gasteiger charge is -2.23. The average molecular weight is 283 g/mol. The molecular weight excluding hydrogens is 268 g/mol. The number of aliphatic hydroxyl groups excluding tert-OH is 1. The maximum absolute atomic E-state index is 9.04. The maximum Gasteiger partial charge on any atom is 0.0992 e. The first kappa shape index (κ1) is 13.2. The fourth-order valence-corrected chi connectivity index (χ4v) is 1.81. The van der Waals surface area contributed by atoms with Gasteiger partial charge in [0, 0.05) is 17.1 Å². The lowest BCUT2D eigenvalue weighted by molar-refractivity contribution is 0.154. The molecule has 0 aromatic heterocycles. The first-order valence-electron chi connectivity index (χ1n) is 5.08. The zero-order valence-corrected chi connectivity index (χ0v) is 11.0. The second-order valence-corrected chi connectivity index (χ2v) is 4.72. The van der Waals surface area contributed by atoms with Gasteiger partial charge in [-0.3, -0.25) is 4.90 Å². The highest BCUT2D eigenvalue weighted by Gasteiger charge is 2.10. The van der Waals surface area contributed by atoms with Gasteiger partial charge in [0.05, 0.1) is 18.2 Å². The van der Waals surface area contributed by atoms with E-state index in [9.17, 15) is 0 Å². The largest absolute Gasteiger partial charge is 0.395 e. The van der Waals surface area contributed by atoms with Crippen LogP contribution in [0.5, 0.6) is 0 Å². The van der Waals surface area contributed by atoms with Crippen molar-refractivity contribution in [3.8, 4) is 6.07 Å². The van der Waals surface area contributed by atoms with Crippen LogP contribution in [-0.4, -0.2) is 29.7 Å². The van der Waals surface area contributed by atoms with Crippen LogP contribution in [0.2, 0.25) is 0 Å². The Morgan fingerprint density at radius 1 is 1.56 bits per heavy atom. The molecule has 0 amide bonds. The summed E-state index contributed by atoms with van der Waals surface area (Å²) in [6.07, 6.45) is 0. The van der Waals surface area contributed by atoms with Gasteiger partial charge in [-0.25, -0.2) is 0 Å². The van der Waals surface area contributed by atoms with Crippen LogP contribution < -0.4 is 0 Å². The normalized spacial score (nSPS) is 12.5. The number of likely N-dealkylation sites (N-methyl/N-ethyl adjacent to an activating group) is 1. The molecule has 1 rings (SSSR count). The Hall–Kier alpha value is -0.890. The van der Waals surface area contributed by atoms with E-state index in [2.05, 4.69) is 26.9 Å². The number of aliphatic hydroxyl groups is 1. The van der Waals surface area contributed by atoms with Gasteiger partial charge in [0.2, 0.25) is 0 Å². The first-order valence-corrected chi connectivity index (χ1v) is 5.87. The number of hydrogen-bond acceptors (Lipinski definition) is 3. The fourth-order valence-electron chi connectivity index (χ4n) is 1.31. The standard InChI is InChI=1S/C12H15BrN2O/c1-9(8-16)15(2)7-11-4-3-10(6-14)5-12(11)13/h3-5,9,16H,7-8H2,1-2H3. The molecule has 16 heavy (non-hydrogen) atoms. The van der Waals surface area contributed by atoms with E-state index in [1.54, 1.807) is 6.07 Å². The van der Waals surface area contributed by atoms with E-state index in [0.29, 0.717) is 5.56 Å². The number of nitrogens with zero attached hydrogens (tertiary/aromatic N) is 2. The maximum atomic E-state index is 9.04. The predicted octanol–water partition coefficient (Wildman–Crippen LogP) is 2.13. The summed E-state index contributed by atoms with van der Waals surface area (Å²) in [5.41, 5.74) is 1.76. The van der Waals surface area contributed by atoms with E-state index in [0.717, 1.165) is 16.6 Å². The molecule has 1 N–H and O–H groups in total. The summed E-state index contributed by atoms with van der Waals surface area (Å²) in [5, 5.41) is 17.8. The zero-order valence-electron chi connectivity index (χ0n) is 9.44. The summed E-state index contributed by atoms with van der Waals surface area (Å²) < 4.78 is 0.934. The quantitative estimate of drug-likeness (QED) is 0.921. The number of rotatable bonds is 4. The summed E-state index contributed by atoms with van der Waals surface area (Å²) in [4.78, 5) is 2.06. The lowest BCUT2D eigenvalue weighted by Crippen LogP contribution is -2.31. The predicted molar refractivity (Wildman–Crippen MR) is 66.9 cm³/mol. The van der Waals surface area contributed by atoms with Crippen molar-refractivity contribution in [3.63, 3.8) is 0 Å². The van der Waals surface area contributed by atoms with Gasteiger partial charge in [-0.2, -0.15) is 5.26 Å². The third-order valence-corrected chi connectivity index (χ3v) is 3.36. The van der Waals surface area contributed by atoms with Crippen molar-refractivity contribution in [2.24, 2.45) is 0 Å². The number of hydrogen-bond donors (Lipinski definition) is 1. The lowest BCUT2D eigenvalue weighted by atomic mass is 10.1. The minimum absolute atomic E-state index is 0.127. The van der Waals surface area contributed by atoms with Crippen molar-refractivity contribution in [3.05, 3.63) is 33.8 Å². The molecule has 1 aromatic carbocycles. The molecule has 86 valence electrons. The van der Waals surface area contributed by atoms with Gasteiger partial charge in [0.1, 0.15) is 0 Å². The Bertz CT molecular complexity index is 400. The van der Waals surface area contributed by atoms with Gasteiger partial charge in [-0.05, 0) is 31.7 Å². The van der Waals surface area contributed by atoms with E-state index >= 15 is 0 Å². The topological polar surface area (TPSA) is 47.3 Å². The Morgan fingerprint density at radius 3 is 2.75 bits per heavy atom. The Kier molecular flexibility index (Phi) is 4.94. The van der Waals surface area contributed by atoms with Crippen LogP contribution in [0.3, 0.4) is 0 Å². The van der Waals surface area contributed by atoms with Gasteiger partial charge in [-0.15, -0.1) is 0 Å². The van der Waals surface area contributed by atoms with Crippen LogP contribution in [0.15, 0.2) is 22.7 Å². The molecular formula is C12H15BrN2O. The van der Waals surface area contributed by atoms with E-state index in [1.807, 2.05) is 26.1 Å². The van der Waals surface area contributed by atoms with Gasteiger partial charge in [0.25, 0.3) is 0 Å². The molecule has 0 heterocycles. The van der Waals surface area contributed by atoms with Crippen LogP contribution in [0.4, 0.5) is 0 Å². The van der Waals surface area contributed by atoms with Gasteiger partial charge in [0.15, 0.2) is 0 Å². The molecule has 0 saturated carbocycles. The second-order valence-electron chi connectivity index (χ2n) is 3.86. The van der Waals surface area contributed by atoms with Gasteiger partial charge < -0.3 is 5.11 Å². The molecule has 1 unspecified atom stereocenters. The Morgan fingerprint density at radius 2 is 2.25 bits per heavy atom. The van der Waals surface area contributed by atoms with Crippen LogP contribution in [0, 0.1) is 11.3 Å². The third-order valence-electron chi connectivity index (χ3n) is 2.62. The molecule has 0 aliphatic heterocycles. The molecule has 0 fully saturated rings. The van der Waals surface area contributed by atoms with E-state index < -0.39 is 0 Å². The van der Waals surface area contributed by atoms with Crippen molar-refractivity contribution < 1.29 is 5.11 Å². The smallest absolute Gasteiger partial charge is 0.0992 e. The SMILES string of the molecule is CC(CO)N(C)Cc1ccc(C#N)cc1Br. The summed E-state index contributed by atoms with van der Waals surface area (Å²) in [5.74, 6) is 0. The Balaban J connectivity index is 2.79. The minimum atomic E-state index is 0.127. The van der Waals surface area contributed by atoms with E-state index in [-0.39, 0.29) is 12.6 Å². The monoisotopic (exact) mass is 282 g/mol. The number of halogens is 1. The fraction of sp³-hybridized carbons (Fsp3) is 0.417. The summed E-state index contributed by atoms with van der Waals surface area (Å²) in [6, 6.07) is 7.78. The van der Waals surface area contributed by atoms with Gasteiger partial charge >= 0.3 is 0 Å². The van der Waals surface area contributed by atoms with E-state index in [1.165, 1.54) is 0 Å². The van der Waals surface area contributed by atoms with Crippen LogP contribution in [-0.2, 0) is 6.54 Å². The first-order chi connectivity index (χ1) is 7.58. The highest BCUT2D eigenvalue weighted by Crippen LogP contribution is 2.20. The zero-order chi connectivity index (χ0) is 12.1. The number of benzene rings is 1. The summed E-state index contributed by atoms with van der Waals surface area (Å²) in [6.45, 7) is 2.86. The molecule has 0 aliphatic carbocycles. The van der Waals surface area contributed by atoms with Crippen molar-refractivity contribution in [1.29, 1.82) is 5.26 Å². The van der Waals surface area contributed by atoms with Crippen LogP contribution >= 0.6 is 15.9 Å². The molecule has 0 radical (unpaired) electrons. The van der Waals surface area contributed by atoms with Crippen LogP contribution in [0.25, 0.3) is 0 Å². The molecule has 1 atom stereocenters. The molecule has 1 aromatic rings. The average Bonchev–Trinajstić information content (AvgIpc) is 2.30. The summed E-state index contributed by atoms with van der Waals surface area (Å²) in [7, 11) is 1.96. The van der Waals surface area contributed by atoms with Crippen molar-refractivity contribution in [2.45, 2.75) is 19.5 Å². The molecule has 0 spiro atoms. The van der Waals surface area contributed by atoms with Crippen molar-refractivity contribution in [2.75, 3.05) is 13.7 Å². The second kappa shape index (κ2) is 6.00. The van der Waals surface area contributed by atoms with E-state index in [4.69, 9.17) is 10.4 Å². The minimum Gasteiger partial charge on any atom is -0.395 e. The van der Waals surface area contributed by atoms with Gasteiger partial charge in [-0.1, -0.05) is 22.0 Å². The highest BCUT2D eigenvalue weighted by atomic mass is 79.9. The number of nitriles is 1. The highest BCUT2D eigenvalue weighted by molar-refractivity contribution is 9.10. The van der Waals surface area contributed by atoms with Crippen molar-refractivity contribution in [1.82, 2.24) is 4.90 Å². The third kappa shape index (κ3) is 3.31. The van der Waals surface area contributed by atoms with Crippen molar-refractivity contribution >= 4 is 15.9 Å². The molecule has 0 saturated heterocycles. The molecule has 0 aliphatic rings. The molecule has 0 bridgehead atoms.